The lowest BCUT2D eigenvalue weighted by Crippen LogP contribution is -2.49. The molecule has 0 aliphatic heterocycles. The molecule has 0 saturated heterocycles. The van der Waals surface area contributed by atoms with Crippen LogP contribution < -0.4 is 5.46 Å². The van der Waals surface area contributed by atoms with E-state index in [4.69, 9.17) is 16.3 Å². The van der Waals surface area contributed by atoms with Gasteiger partial charge in [-0.15, -0.1) is 11.3 Å². The van der Waals surface area contributed by atoms with Crippen molar-refractivity contribution < 1.29 is 9.76 Å². The fourth-order valence-corrected chi connectivity index (χ4v) is 4.62. The number of aliphatic hydroxyl groups is 1. The maximum atomic E-state index is 10.4. The monoisotopic (exact) mass is 396 g/mol. The van der Waals surface area contributed by atoms with E-state index in [0.717, 1.165) is 20.6 Å². The highest BCUT2D eigenvalue weighted by Crippen LogP contribution is 2.39. The highest BCUT2D eigenvalue weighted by atomic mass is 35.5. The molecular formula is C22H22BClO2S. The molecule has 1 heterocycles. The minimum atomic E-state index is -0.939. The molecule has 0 amide bonds. The molecule has 5 heteroatoms. The standard InChI is InChI=1S/C22H22BClO2S/c1-21(2,25)22(3,4)26-23-16-9-10-17(24)20-19(16)15-11-13-7-5-6-8-14(13)12-18(15)27-20/h5-12,23,25H,1-4H3. The molecule has 0 fully saturated rings. The van der Waals surface area contributed by atoms with Crippen LogP contribution in [0.4, 0.5) is 0 Å². The first-order chi connectivity index (χ1) is 12.7. The van der Waals surface area contributed by atoms with Gasteiger partial charge in [0.25, 0.3) is 0 Å². The number of fused-ring (bicyclic) bond motifs is 4. The minimum absolute atomic E-state index is 0.420. The molecule has 3 aromatic carbocycles. The zero-order valence-electron chi connectivity index (χ0n) is 16.0. The summed E-state index contributed by atoms with van der Waals surface area (Å²) in [5.74, 6) is 0. The Kier molecular flexibility index (Phi) is 4.51. The van der Waals surface area contributed by atoms with E-state index >= 15 is 0 Å². The van der Waals surface area contributed by atoms with E-state index in [1.165, 1.54) is 20.9 Å². The van der Waals surface area contributed by atoms with Crippen LogP contribution in [0.2, 0.25) is 5.02 Å². The normalized spacial score (nSPS) is 13.0. The Labute approximate surface area is 169 Å². The van der Waals surface area contributed by atoms with E-state index in [-0.39, 0.29) is 0 Å². The van der Waals surface area contributed by atoms with Gasteiger partial charge in [-0.1, -0.05) is 41.9 Å². The van der Waals surface area contributed by atoms with Crippen molar-refractivity contribution in [3.8, 4) is 0 Å². The van der Waals surface area contributed by atoms with E-state index in [0.29, 0.717) is 7.48 Å². The molecule has 138 valence electrons. The number of hydrogen-bond donors (Lipinski definition) is 1. The van der Waals surface area contributed by atoms with E-state index in [9.17, 15) is 5.11 Å². The minimum Gasteiger partial charge on any atom is -0.427 e. The summed E-state index contributed by atoms with van der Waals surface area (Å²) >= 11 is 8.24. The summed E-state index contributed by atoms with van der Waals surface area (Å²) in [6.07, 6.45) is 0. The predicted octanol–water partition coefficient (Wildman–Crippen LogP) is 5.40. The van der Waals surface area contributed by atoms with Crippen LogP contribution in [-0.2, 0) is 4.65 Å². The lowest BCUT2D eigenvalue weighted by molar-refractivity contribution is -0.0893. The van der Waals surface area contributed by atoms with Crippen LogP contribution >= 0.6 is 22.9 Å². The highest BCUT2D eigenvalue weighted by Gasteiger charge is 2.35. The average molecular weight is 397 g/mol. The van der Waals surface area contributed by atoms with Crippen molar-refractivity contribution in [2.24, 2.45) is 0 Å². The van der Waals surface area contributed by atoms with Gasteiger partial charge in [0.2, 0.25) is 0 Å². The maximum absolute atomic E-state index is 10.4. The van der Waals surface area contributed by atoms with Crippen LogP contribution in [0.15, 0.2) is 48.5 Å². The molecule has 4 rings (SSSR count). The van der Waals surface area contributed by atoms with Gasteiger partial charge in [0.1, 0.15) is 0 Å². The Morgan fingerprint density at radius 3 is 2.33 bits per heavy atom. The summed E-state index contributed by atoms with van der Waals surface area (Å²) in [5, 5.41) is 16.0. The maximum Gasteiger partial charge on any atom is 0.310 e. The number of rotatable bonds is 4. The van der Waals surface area contributed by atoms with Crippen LogP contribution in [-0.4, -0.2) is 23.8 Å². The number of thiophene rings is 1. The van der Waals surface area contributed by atoms with Gasteiger partial charge in [-0.05, 0) is 67.5 Å². The van der Waals surface area contributed by atoms with Crippen molar-refractivity contribution >= 4 is 66.8 Å². The van der Waals surface area contributed by atoms with Crippen LogP contribution in [0.25, 0.3) is 30.9 Å². The zero-order valence-corrected chi connectivity index (χ0v) is 17.5. The van der Waals surface area contributed by atoms with E-state index in [2.05, 4.69) is 36.4 Å². The molecule has 27 heavy (non-hydrogen) atoms. The molecule has 0 atom stereocenters. The summed E-state index contributed by atoms with van der Waals surface area (Å²) in [6, 6.07) is 16.8. The smallest absolute Gasteiger partial charge is 0.310 e. The quantitative estimate of drug-likeness (QED) is 0.468. The van der Waals surface area contributed by atoms with Gasteiger partial charge in [0.15, 0.2) is 0 Å². The second kappa shape index (κ2) is 6.49. The fraction of sp³-hybridized carbons (Fsp3) is 0.273. The van der Waals surface area contributed by atoms with Gasteiger partial charge in [0.05, 0.1) is 20.9 Å². The van der Waals surface area contributed by atoms with Gasteiger partial charge >= 0.3 is 7.48 Å². The molecule has 0 unspecified atom stereocenters. The molecule has 0 saturated carbocycles. The third-order valence-electron chi connectivity index (χ3n) is 5.59. The molecular weight excluding hydrogens is 375 g/mol. The first-order valence-electron chi connectivity index (χ1n) is 9.06. The van der Waals surface area contributed by atoms with Gasteiger partial charge in [-0.3, -0.25) is 0 Å². The van der Waals surface area contributed by atoms with Crippen LogP contribution in [0.3, 0.4) is 0 Å². The Morgan fingerprint density at radius 1 is 1.00 bits per heavy atom. The summed E-state index contributed by atoms with van der Waals surface area (Å²) in [4.78, 5) is 0. The van der Waals surface area contributed by atoms with Gasteiger partial charge in [-0.2, -0.15) is 0 Å². The fourth-order valence-electron chi connectivity index (χ4n) is 3.16. The topological polar surface area (TPSA) is 29.5 Å². The lowest BCUT2D eigenvalue weighted by Gasteiger charge is -2.37. The number of benzene rings is 3. The SMILES string of the molecule is CC(C)(O)C(C)(C)OBc1ccc(Cl)c2sc3cc4ccccc4cc3c12. The second-order valence-electron chi connectivity index (χ2n) is 8.07. The Hall–Kier alpha value is -1.59. The van der Waals surface area contributed by atoms with Gasteiger partial charge in [0, 0.05) is 10.1 Å². The Bertz CT molecular complexity index is 1160. The van der Waals surface area contributed by atoms with Crippen molar-refractivity contribution in [1.82, 2.24) is 0 Å². The van der Waals surface area contributed by atoms with Crippen molar-refractivity contribution in [3.05, 3.63) is 53.6 Å². The van der Waals surface area contributed by atoms with Crippen molar-refractivity contribution in [2.45, 2.75) is 38.9 Å². The first kappa shape index (κ1) is 18.8. The Balaban J connectivity index is 1.88. The zero-order chi connectivity index (χ0) is 19.4. The molecule has 2 nitrogen and oxygen atoms in total. The van der Waals surface area contributed by atoms with Crippen molar-refractivity contribution in [2.75, 3.05) is 0 Å². The molecule has 0 aliphatic carbocycles. The largest absolute Gasteiger partial charge is 0.427 e. The molecule has 1 N–H and O–H groups in total. The van der Waals surface area contributed by atoms with Crippen LogP contribution in [0, 0.1) is 0 Å². The summed E-state index contributed by atoms with van der Waals surface area (Å²) < 4.78 is 8.45. The average Bonchev–Trinajstić information content (AvgIpc) is 2.98. The summed E-state index contributed by atoms with van der Waals surface area (Å²) in [7, 11) is 0.420. The first-order valence-corrected chi connectivity index (χ1v) is 10.3. The second-order valence-corrected chi connectivity index (χ2v) is 9.53. The summed E-state index contributed by atoms with van der Waals surface area (Å²) in [6.45, 7) is 7.38. The third kappa shape index (κ3) is 3.25. The van der Waals surface area contributed by atoms with Crippen molar-refractivity contribution in [3.63, 3.8) is 0 Å². The van der Waals surface area contributed by atoms with Crippen LogP contribution in [0.1, 0.15) is 27.7 Å². The van der Waals surface area contributed by atoms with E-state index in [1.807, 2.05) is 26.0 Å². The lowest BCUT2D eigenvalue weighted by atomic mass is 9.80. The molecule has 0 radical (unpaired) electrons. The molecule has 1 aromatic heterocycles. The molecule has 0 spiro atoms. The molecule has 0 bridgehead atoms. The number of halogens is 1. The van der Waals surface area contributed by atoms with Gasteiger partial charge < -0.3 is 9.76 Å². The third-order valence-corrected chi connectivity index (χ3v) is 7.20. The Morgan fingerprint density at radius 2 is 1.67 bits per heavy atom. The molecule has 4 aromatic rings. The van der Waals surface area contributed by atoms with E-state index < -0.39 is 11.2 Å². The van der Waals surface area contributed by atoms with Crippen LogP contribution in [0.5, 0.6) is 0 Å². The van der Waals surface area contributed by atoms with Gasteiger partial charge in [-0.25, -0.2) is 0 Å². The number of hydrogen-bond acceptors (Lipinski definition) is 3. The molecule has 0 aliphatic rings. The predicted molar refractivity (Wildman–Crippen MR) is 120 cm³/mol. The summed E-state index contributed by atoms with van der Waals surface area (Å²) in [5.41, 5.74) is -0.517. The highest BCUT2D eigenvalue weighted by molar-refractivity contribution is 7.26. The van der Waals surface area contributed by atoms with Crippen molar-refractivity contribution in [1.29, 1.82) is 0 Å². The van der Waals surface area contributed by atoms with E-state index in [1.54, 1.807) is 25.2 Å².